The maximum absolute atomic E-state index is 13.0. The van der Waals surface area contributed by atoms with Crippen LogP contribution in [0.25, 0.3) is 0 Å². The largest absolute Gasteiger partial charge is 0.462 e. The van der Waals surface area contributed by atoms with E-state index in [1.54, 1.807) is 0 Å². The average Bonchev–Trinajstić information content (AvgIpc) is 3.49. The summed E-state index contributed by atoms with van der Waals surface area (Å²) in [7, 11) is 0. The van der Waals surface area contributed by atoms with Crippen molar-refractivity contribution in [2.75, 3.05) is 13.2 Å². The number of rotatable bonds is 65. The van der Waals surface area contributed by atoms with E-state index >= 15 is 0 Å². The molecule has 0 bridgehead atoms. The maximum Gasteiger partial charge on any atom is 0.306 e. The Labute approximate surface area is 515 Å². The minimum Gasteiger partial charge on any atom is -0.462 e. The number of unbranched alkanes of at least 4 members (excludes halogenated alkanes) is 38. The summed E-state index contributed by atoms with van der Waals surface area (Å²) in [6, 6.07) is 0. The van der Waals surface area contributed by atoms with Gasteiger partial charge in [0.1, 0.15) is 13.2 Å². The van der Waals surface area contributed by atoms with Gasteiger partial charge in [-0.2, -0.15) is 0 Å². The molecule has 0 heterocycles. The van der Waals surface area contributed by atoms with Crippen molar-refractivity contribution in [3.05, 3.63) is 97.2 Å². The van der Waals surface area contributed by atoms with E-state index in [1.807, 2.05) is 0 Å². The van der Waals surface area contributed by atoms with Gasteiger partial charge in [0.2, 0.25) is 0 Å². The zero-order valence-corrected chi connectivity index (χ0v) is 54.9. The van der Waals surface area contributed by atoms with Crippen LogP contribution in [0.15, 0.2) is 97.2 Å². The molecule has 0 aromatic heterocycles. The topological polar surface area (TPSA) is 78.9 Å². The predicted molar refractivity (Wildman–Crippen MR) is 362 cm³/mol. The zero-order valence-electron chi connectivity index (χ0n) is 54.9. The van der Waals surface area contributed by atoms with Crippen molar-refractivity contribution in [2.24, 2.45) is 0 Å². The van der Waals surface area contributed by atoms with E-state index in [4.69, 9.17) is 14.2 Å². The second kappa shape index (κ2) is 70.8. The molecule has 0 radical (unpaired) electrons. The van der Waals surface area contributed by atoms with Crippen molar-refractivity contribution in [1.29, 1.82) is 0 Å². The molecule has 0 spiro atoms. The van der Waals surface area contributed by atoms with Crippen LogP contribution >= 0.6 is 0 Å². The van der Waals surface area contributed by atoms with Crippen LogP contribution in [-0.4, -0.2) is 37.2 Å². The Bertz CT molecular complexity index is 1610. The van der Waals surface area contributed by atoms with E-state index in [0.717, 1.165) is 109 Å². The molecule has 0 aliphatic heterocycles. The van der Waals surface area contributed by atoms with E-state index < -0.39 is 6.10 Å². The monoisotopic (exact) mass is 1160 g/mol. The average molecular weight is 1160 g/mol. The number of carbonyl (C=O) groups excluding carboxylic acids is 3. The van der Waals surface area contributed by atoms with Crippen molar-refractivity contribution in [1.82, 2.24) is 0 Å². The highest BCUT2D eigenvalue weighted by atomic mass is 16.6. The van der Waals surface area contributed by atoms with Crippen molar-refractivity contribution in [2.45, 2.75) is 361 Å². The molecule has 1 unspecified atom stereocenters. The van der Waals surface area contributed by atoms with Crippen LogP contribution < -0.4 is 0 Å². The lowest BCUT2D eigenvalue weighted by Gasteiger charge is -2.18. The van der Waals surface area contributed by atoms with Gasteiger partial charge in [0.15, 0.2) is 6.10 Å². The molecule has 478 valence electrons. The molecule has 0 aliphatic carbocycles. The molecule has 6 nitrogen and oxygen atoms in total. The molecule has 0 saturated carbocycles. The third kappa shape index (κ3) is 69.0. The van der Waals surface area contributed by atoms with Gasteiger partial charge in [-0.3, -0.25) is 14.4 Å². The first-order chi connectivity index (χ1) is 41.0. The first-order valence-electron chi connectivity index (χ1n) is 35.7. The van der Waals surface area contributed by atoms with Crippen LogP contribution in [0.3, 0.4) is 0 Å². The predicted octanol–water partition coefficient (Wildman–Crippen LogP) is 24.8. The lowest BCUT2D eigenvalue weighted by molar-refractivity contribution is -0.167. The van der Waals surface area contributed by atoms with Gasteiger partial charge < -0.3 is 14.2 Å². The Hall–Kier alpha value is -3.67. The quantitative estimate of drug-likeness (QED) is 0.0261. The van der Waals surface area contributed by atoms with E-state index in [9.17, 15) is 14.4 Å². The molecule has 1 atom stereocenters. The summed E-state index contributed by atoms with van der Waals surface area (Å²) in [6.45, 7) is 6.52. The number of ether oxygens (including phenoxy) is 3. The summed E-state index contributed by atoms with van der Waals surface area (Å²) in [4.78, 5) is 38.5. The van der Waals surface area contributed by atoms with Gasteiger partial charge in [0.25, 0.3) is 0 Å². The fraction of sp³-hybridized carbons (Fsp3) is 0.753. The van der Waals surface area contributed by atoms with Gasteiger partial charge >= 0.3 is 17.9 Å². The van der Waals surface area contributed by atoms with Gasteiger partial charge in [-0.25, -0.2) is 0 Å². The first-order valence-corrected chi connectivity index (χ1v) is 35.7. The van der Waals surface area contributed by atoms with Crippen molar-refractivity contribution in [3.63, 3.8) is 0 Å². The Morgan fingerprint density at radius 2 is 0.470 bits per heavy atom. The fourth-order valence-corrected chi connectivity index (χ4v) is 10.2. The highest BCUT2D eigenvalue weighted by Crippen LogP contribution is 2.17. The molecule has 0 aromatic rings. The lowest BCUT2D eigenvalue weighted by atomic mass is 10.0. The van der Waals surface area contributed by atoms with Gasteiger partial charge in [-0.15, -0.1) is 0 Å². The molecule has 0 N–H and O–H groups in total. The number of esters is 3. The van der Waals surface area contributed by atoms with Gasteiger partial charge in [-0.05, 0) is 122 Å². The highest BCUT2D eigenvalue weighted by Gasteiger charge is 2.19. The van der Waals surface area contributed by atoms with Crippen LogP contribution in [0.4, 0.5) is 0 Å². The molecule has 0 aliphatic rings. The molecule has 0 amide bonds. The first kappa shape index (κ1) is 79.3. The summed E-state index contributed by atoms with van der Waals surface area (Å²) in [5.41, 5.74) is 0. The van der Waals surface area contributed by atoms with E-state index in [-0.39, 0.29) is 31.1 Å². The highest BCUT2D eigenvalue weighted by molar-refractivity contribution is 5.71. The third-order valence-corrected chi connectivity index (χ3v) is 15.5. The Balaban J connectivity index is 4.31. The molecule has 0 aromatic carbocycles. The molecule has 0 rings (SSSR count). The Morgan fingerprint density at radius 1 is 0.253 bits per heavy atom. The lowest BCUT2D eigenvalue weighted by Crippen LogP contribution is -2.30. The Kier molecular flexibility index (Phi) is 67.7. The van der Waals surface area contributed by atoms with Crippen LogP contribution in [0, 0.1) is 0 Å². The molecular weight excluding hydrogens is 1020 g/mol. The normalized spacial score (nSPS) is 12.7. The molecule has 6 heteroatoms. The summed E-state index contributed by atoms with van der Waals surface area (Å²) in [5, 5.41) is 0. The number of hydrogen-bond donors (Lipinski definition) is 0. The van der Waals surface area contributed by atoms with Crippen LogP contribution in [0.1, 0.15) is 355 Å². The van der Waals surface area contributed by atoms with Crippen LogP contribution in [0.5, 0.6) is 0 Å². The number of allylic oxidation sites excluding steroid dienone is 16. The van der Waals surface area contributed by atoms with E-state index in [2.05, 4.69) is 118 Å². The fourth-order valence-electron chi connectivity index (χ4n) is 10.2. The van der Waals surface area contributed by atoms with Crippen molar-refractivity contribution >= 4 is 17.9 Å². The van der Waals surface area contributed by atoms with Crippen LogP contribution in [-0.2, 0) is 28.6 Å². The van der Waals surface area contributed by atoms with Gasteiger partial charge in [0.05, 0.1) is 0 Å². The number of carbonyl (C=O) groups is 3. The minimum atomic E-state index is -0.788. The van der Waals surface area contributed by atoms with E-state index in [1.165, 1.54) is 205 Å². The Morgan fingerprint density at radius 3 is 0.759 bits per heavy atom. The van der Waals surface area contributed by atoms with Gasteiger partial charge in [-0.1, -0.05) is 311 Å². The zero-order chi connectivity index (χ0) is 59.9. The standard InChI is InChI=1S/C77H134O6/c1-4-7-10-13-16-19-22-25-28-30-32-34-36-37-38-39-41-42-44-46-49-52-55-58-61-64-67-70-76(79)82-73-74(72-81-75(78)69-66-63-60-57-54-51-48-27-24-21-18-15-12-9-6-3)83-77(80)71-68-65-62-59-56-53-50-47-45-43-40-35-33-31-29-26-23-20-17-14-11-8-5-2/h8,11,17-18,20-22,25-27,29-30,32-33,35,48,74H,4-7,9-10,12-16,19,23-24,28,31,34,36-47,49-73H2,1-3H3/b11-8-,20-17-,21-18-,25-22-,29-26-,32-30-,35-33-,48-27-. The minimum absolute atomic E-state index is 0.0817. The van der Waals surface area contributed by atoms with Crippen LogP contribution in [0.2, 0.25) is 0 Å². The molecular formula is C77H134O6. The molecule has 0 saturated heterocycles. The maximum atomic E-state index is 13.0. The third-order valence-electron chi connectivity index (χ3n) is 15.5. The number of hydrogen-bond acceptors (Lipinski definition) is 6. The molecule has 0 fully saturated rings. The van der Waals surface area contributed by atoms with Crippen molar-refractivity contribution in [3.8, 4) is 0 Å². The SMILES string of the molecule is CC/C=C\C/C=C\C/C=C\C/C=C\CCCCCCCCCCCCC(=O)OC(COC(=O)CCCCCCC/C=C\C/C=C\CCCCC)COC(=O)CCCCCCCCCCCCCCCCC/C=C\C/C=C\CCCCCCC. The molecule has 83 heavy (non-hydrogen) atoms. The second-order valence-electron chi connectivity index (χ2n) is 23.8. The van der Waals surface area contributed by atoms with Gasteiger partial charge in [0, 0.05) is 19.3 Å². The second-order valence-corrected chi connectivity index (χ2v) is 23.8. The summed E-state index contributed by atoms with van der Waals surface area (Å²) >= 11 is 0. The smallest absolute Gasteiger partial charge is 0.306 e. The summed E-state index contributed by atoms with van der Waals surface area (Å²) < 4.78 is 17.0. The summed E-state index contributed by atoms with van der Waals surface area (Å²) in [6.07, 6.45) is 95.7. The van der Waals surface area contributed by atoms with E-state index in [0.29, 0.717) is 19.3 Å². The van der Waals surface area contributed by atoms with Crippen molar-refractivity contribution < 1.29 is 28.6 Å². The summed E-state index contributed by atoms with van der Waals surface area (Å²) in [5.74, 6) is -0.884.